The molecule has 2 heterocycles. The van der Waals surface area contributed by atoms with E-state index >= 15 is 0 Å². The van der Waals surface area contributed by atoms with E-state index in [2.05, 4.69) is 25.0 Å². The van der Waals surface area contributed by atoms with E-state index in [9.17, 15) is 4.79 Å². The second-order valence-corrected chi connectivity index (χ2v) is 3.15. The second kappa shape index (κ2) is 4.51. The number of aliphatic carboxylic acids is 1. The van der Waals surface area contributed by atoms with Gasteiger partial charge in [0.15, 0.2) is 5.82 Å². The van der Waals surface area contributed by atoms with Gasteiger partial charge in [-0.15, -0.1) is 5.10 Å². The molecule has 0 aliphatic heterocycles. The summed E-state index contributed by atoms with van der Waals surface area (Å²) in [7, 11) is 0. The van der Waals surface area contributed by atoms with Crippen LogP contribution in [0.4, 0.5) is 0 Å². The van der Waals surface area contributed by atoms with Crippen LogP contribution in [0.1, 0.15) is 17.9 Å². The highest BCUT2D eigenvalue weighted by molar-refractivity contribution is 5.66. The Kier molecular flexibility index (Phi) is 2.90. The molecule has 84 valence electrons. The zero-order chi connectivity index (χ0) is 11.4. The number of carbonyl (C=O) groups is 1. The van der Waals surface area contributed by atoms with Crippen molar-refractivity contribution < 1.29 is 14.4 Å². The molecule has 0 spiro atoms. The number of nitrogens with zero attached hydrogens (tertiary/aromatic N) is 5. The zero-order valence-electron chi connectivity index (χ0n) is 8.28. The third-order valence-corrected chi connectivity index (χ3v) is 1.89. The minimum absolute atomic E-state index is 0.0426. The van der Waals surface area contributed by atoms with Gasteiger partial charge in [-0.05, 0) is 0 Å². The van der Waals surface area contributed by atoms with E-state index in [0.29, 0.717) is 24.5 Å². The molecule has 0 aromatic carbocycles. The van der Waals surface area contributed by atoms with Gasteiger partial charge in [-0.3, -0.25) is 4.79 Å². The summed E-state index contributed by atoms with van der Waals surface area (Å²) in [6.07, 6.45) is 3.30. The molecule has 0 unspecified atom stereocenters. The van der Waals surface area contributed by atoms with Crippen LogP contribution in [-0.4, -0.2) is 36.2 Å². The minimum atomic E-state index is -0.854. The maximum atomic E-state index is 10.3. The summed E-state index contributed by atoms with van der Waals surface area (Å²) in [4.78, 5) is 14.2. The molecule has 16 heavy (non-hydrogen) atoms. The number of hydrogen-bond acceptors (Lipinski definition) is 6. The van der Waals surface area contributed by atoms with Gasteiger partial charge in [-0.2, -0.15) is 4.98 Å². The Labute approximate surface area is 89.9 Å². The molecule has 2 aromatic rings. The van der Waals surface area contributed by atoms with Crippen molar-refractivity contribution in [1.82, 2.24) is 25.1 Å². The molecule has 0 atom stereocenters. The van der Waals surface area contributed by atoms with Crippen molar-refractivity contribution in [3.63, 3.8) is 0 Å². The van der Waals surface area contributed by atoms with Crippen LogP contribution in [0, 0.1) is 0 Å². The first kappa shape index (κ1) is 10.3. The van der Waals surface area contributed by atoms with Crippen molar-refractivity contribution in [3.8, 4) is 0 Å². The Balaban J connectivity index is 1.94. The number of aryl methyl sites for hydroxylation is 1. The summed E-state index contributed by atoms with van der Waals surface area (Å²) in [6, 6.07) is 0. The van der Waals surface area contributed by atoms with Gasteiger partial charge in [-0.25, -0.2) is 4.68 Å². The number of carboxylic acid groups (broad SMARTS) is 1. The van der Waals surface area contributed by atoms with Gasteiger partial charge in [0.1, 0.15) is 6.54 Å². The Morgan fingerprint density at radius 2 is 2.44 bits per heavy atom. The summed E-state index contributed by atoms with van der Waals surface area (Å²) < 4.78 is 6.10. The Hall–Kier alpha value is -2.25. The SMILES string of the molecule is O=C(O)CCc1cn(Cc2ncon2)nn1. The van der Waals surface area contributed by atoms with Gasteiger partial charge in [0, 0.05) is 12.6 Å². The lowest BCUT2D eigenvalue weighted by molar-refractivity contribution is -0.136. The highest BCUT2D eigenvalue weighted by Gasteiger charge is 2.06. The summed E-state index contributed by atoms with van der Waals surface area (Å²) >= 11 is 0. The molecular weight excluding hydrogens is 214 g/mol. The van der Waals surface area contributed by atoms with Gasteiger partial charge >= 0.3 is 5.97 Å². The number of rotatable bonds is 5. The van der Waals surface area contributed by atoms with E-state index < -0.39 is 5.97 Å². The highest BCUT2D eigenvalue weighted by Crippen LogP contribution is 2.00. The van der Waals surface area contributed by atoms with E-state index in [4.69, 9.17) is 5.11 Å². The zero-order valence-corrected chi connectivity index (χ0v) is 8.28. The fourth-order valence-corrected chi connectivity index (χ4v) is 1.17. The topological polar surface area (TPSA) is 107 Å². The van der Waals surface area contributed by atoms with Crippen LogP contribution < -0.4 is 0 Å². The lowest BCUT2D eigenvalue weighted by Crippen LogP contribution is -2.01. The molecule has 8 nitrogen and oxygen atoms in total. The van der Waals surface area contributed by atoms with E-state index in [1.165, 1.54) is 11.1 Å². The predicted molar refractivity (Wildman–Crippen MR) is 49.4 cm³/mol. The average Bonchev–Trinajstić information content (AvgIpc) is 2.87. The largest absolute Gasteiger partial charge is 0.481 e. The maximum Gasteiger partial charge on any atom is 0.303 e. The molecule has 2 aromatic heterocycles. The van der Waals surface area contributed by atoms with Crippen LogP contribution in [0.3, 0.4) is 0 Å². The second-order valence-electron chi connectivity index (χ2n) is 3.15. The molecule has 0 fully saturated rings. The smallest absolute Gasteiger partial charge is 0.303 e. The minimum Gasteiger partial charge on any atom is -0.481 e. The normalized spacial score (nSPS) is 10.5. The first-order valence-corrected chi connectivity index (χ1v) is 4.60. The van der Waals surface area contributed by atoms with E-state index in [1.54, 1.807) is 6.20 Å². The molecule has 0 amide bonds. The summed E-state index contributed by atoms with van der Waals surface area (Å²) in [5.41, 5.74) is 0.630. The molecule has 8 heteroatoms. The number of carboxylic acids is 1. The summed E-state index contributed by atoms with van der Waals surface area (Å²) in [6.45, 7) is 0.358. The lowest BCUT2D eigenvalue weighted by Gasteiger charge is -1.92. The molecule has 2 rings (SSSR count). The van der Waals surface area contributed by atoms with Crippen LogP contribution >= 0.6 is 0 Å². The van der Waals surface area contributed by atoms with Crippen LogP contribution in [0.25, 0.3) is 0 Å². The monoisotopic (exact) mass is 223 g/mol. The Bertz CT molecular complexity index is 464. The Morgan fingerprint density at radius 3 is 3.12 bits per heavy atom. The predicted octanol–water partition coefficient (Wildman–Crippen LogP) is -0.273. The lowest BCUT2D eigenvalue weighted by atomic mass is 10.2. The molecule has 0 aliphatic carbocycles. The average molecular weight is 223 g/mol. The van der Waals surface area contributed by atoms with Crippen LogP contribution in [0.2, 0.25) is 0 Å². The third-order valence-electron chi connectivity index (χ3n) is 1.89. The van der Waals surface area contributed by atoms with Gasteiger partial charge in [0.2, 0.25) is 6.39 Å². The highest BCUT2D eigenvalue weighted by atomic mass is 16.5. The van der Waals surface area contributed by atoms with Crippen molar-refractivity contribution in [2.45, 2.75) is 19.4 Å². The third kappa shape index (κ3) is 2.62. The quantitative estimate of drug-likeness (QED) is 0.743. The first-order valence-electron chi connectivity index (χ1n) is 4.60. The summed E-state index contributed by atoms with van der Waals surface area (Å²) in [5, 5.41) is 19.8. The van der Waals surface area contributed by atoms with Crippen molar-refractivity contribution in [3.05, 3.63) is 24.1 Å². The standard InChI is InChI=1S/C8H9N5O3/c14-8(15)2-1-6-3-13(12-10-6)4-7-9-5-16-11-7/h3,5H,1-2,4H2,(H,14,15). The maximum absolute atomic E-state index is 10.3. The number of hydrogen-bond donors (Lipinski definition) is 1. The van der Waals surface area contributed by atoms with Gasteiger partial charge in [0.25, 0.3) is 0 Å². The van der Waals surface area contributed by atoms with Crippen molar-refractivity contribution in [2.24, 2.45) is 0 Å². The first-order chi connectivity index (χ1) is 7.74. The molecule has 0 saturated heterocycles. The van der Waals surface area contributed by atoms with Gasteiger partial charge in [0.05, 0.1) is 12.1 Å². The molecule has 0 saturated carbocycles. The molecular formula is C8H9N5O3. The van der Waals surface area contributed by atoms with Crippen LogP contribution in [0.15, 0.2) is 17.1 Å². The van der Waals surface area contributed by atoms with Gasteiger partial charge in [-0.1, -0.05) is 10.4 Å². The summed E-state index contributed by atoms with van der Waals surface area (Å²) in [5.74, 6) is -0.359. The van der Waals surface area contributed by atoms with E-state index in [-0.39, 0.29) is 6.42 Å². The fourth-order valence-electron chi connectivity index (χ4n) is 1.17. The molecule has 0 aliphatic rings. The van der Waals surface area contributed by atoms with Crippen LogP contribution in [-0.2, 0) is 17.8 Å². The van der Waals surface area contributed by atoms with Gasteiger partial charge < -0.3 is 9.63 Å². The van der Waals surface area contributed by atoms with E-state index in [1.807, 2.05) is 0 Å². The molecule has 0 bridgehead atoms. The van der Waals surface area contributed by atoms with Crippen molar-refractivity contribution >= 4 is 5.97 Å². The Morgan fingerprint density at radius 1 is 1.56 bits per heavy atom. The van der Waals surface area contributed by atoms with E-state index in [0.717, 1.165) is 0 Å². The molecule has 1 N–H and O–H groups in total. The van der Waals surface area contributed by atoms with Crippen LogP contribution in [0.5, 0.6) is 0 Å². The number of aromatic nitrogens is 5. The fraction of sp³-hybridized carbons (Fsp3) is 0.375. The van der Waals surface area contributed by atoms with Crippen molar-refractivity contribution in [2.75, 3.05) is 0 Å². The molecule has 0 radical (unpaired) electrons. The van der Waals surface area contributed by atoms with Crippen molar-refractivity contribution in [1.29, 1.82) is 0 Å².